The van der Waals surface area contributed by atoms with Gasteiger partial charge in [-0.2, -0.15) is 0 Å². The highest BCUT2D eigenvalue weighted by Gasteiger charge is 2.17. The zero-order valence-corrected chi connectivity index (χ0v) is 16.3. The monoisotopic (exact) mass is 395 g/mol. The number of carbonyl (C=O) groups excluding carboxylic acids is 1. The molecule has 0 unspecified atom stereocenters. The molecule has 0 radical (unpaired) electrons. The van der Waals surface area contributed by atoms with Crippen molar-refractivity contribution in [2.24, 2.45) is 0 Å². The molecule has 3 rings (SSSR count). The number of carbonyl (C=O) groups is 1. The van der Waals surface area contributed by atoms with Crippen molar-refractivity contribution in [1.82, 2.24) is 0 Å². The molecule has 5 nitrogen and oxygen atoms in total. The number of aryl methyl sites for hydroxylation is 1. The predicted octanol–water partition coefficient (Wildman–Crippen LogP) is 4.12. The lowest BCUT2D eigenvalue weighted by molar-refractivity contribution is -0.107. The van der Waals surface area contributed by atoms with Crippen LogP contribution >= 0.6 is 0 Å². The Balaban J connectivity index is 1.89. The lowest BCUT2D eigenvalue weighted by atomic mass is 10.1. The fourth-order valence-corrected chi connectivity index (χ4v) is 3.72. The van der Waals surface area contributed by atoms with Crippen LogP contribution in [0.4, 0.5) is 5.69 Å². The summed E-state index contributed by atoms with van der Waals surface area (Å²) in [5.74, 6) is 0.397. The Hall–Kier alpha value is -3.12. The van der Waals surface area contributed by atoms with Crippen LogP contribution in [0.1, 0.15) is 16.7 Å². The molecule has 0 bridgehead atoms. The van der Waals surface area contributed by atoms with Crippen molar-refractivity contribution >= 4 is 22.0 Å². The Labute approximate surface area is 165 Å². The average molecular weight is 395 g/mol. The number of ether oxygens (including phenoxy) is 1. The lowest BCUT2D eigenvalue weighted by Crippen LogP contribution is -2.14. The summed E-state index contributed by atoms with van der Waals surface area (Å²) in [6, 6.07) is 21.2. The molecule has 144 valence electrons. The van der Waals surface area contributed by atoms with E-state index in [1.54, 1.807) is 42.5 Å². The molecule has 0 aromatic heterocycles. The third kappa shape index (κ3) is 4.98. The Kier molecular flexibility index (Phi) is 6.11. The standard InChI is InChI=1S/C22H21NO4S/c1-17-7-10-20(11-8-17)28(25,26)23-21-15-18(13-14-24)9-12-22(21)27-16-19-5-3-2-4-6-19/h2-12,14-15,23H,13,16H2,1H3. The smallest absolute Gasteiger partial charge is 0.262 e. The summed E-state index contributed by atoms with van der Waals surface area (Å²) in [5.41, 5.74) is 2.94. The minimum atomic E-state index is -3.79. The zero-order chi connectivity index (χ0) is 20.0. The summed E-state index contributed by atoms with van der Waals surface area (Å²) in [6.07, 6.45) is 0.969. The van der Waals surface area contributed by atoms with Gasteiger partial charge in [-0.15, -0.1) is 0 Å². The molecule has 0 amide bonds. The molecule has 0 saturated carbocycles. The third-order valence-electron chi connectivity index (χ3n) is 4.18. The molecule has 0 fully saturated rings. The number of anilines is 1. The van der Waals surface area contributed by atoms with E-state index in [2.05, 4.69) is 4.72 Å². The minimum absolute atomic E-state index is 0.160. The van der Waals surface area contributed by atoms with Crippen LogP contribution in [0.15, 0.2) is 77.7 Å². The topological polar surface area (TPSA) is 72.5 Å². The molecule has 0 aliphatic rings. The van der Waals surface area contributed by atoms with Gasteiger partial charge in [-0.25, -0.2) is 8.42 Å². The molecule has 0 spiro atoms. The van der Waals surface area contributed by atoms with Crippen molar-refractivity contribution in [3.63, 3.8) is 0 Å². The fourth-order valence-electron chi connectivity index (χ4n) is 2.66. The second kappa shape index (κ2) is 8.71. The summed E-state index contributed by atoms with van der Waals surface area (Å²) in [6.45, 7) is 2.19. The van der Waals surface area contributed by atoms with E-state index < -0.39 is 10.0 Å². The molecular formula is C22H21NO4S. The highest BCUT2D eigenvalue weighted by atomic mass is 32.2. The van der Waals surface area contributed by atoms with Crippen molar-refractivity contribution in [2.75, 3.05) is 4.72 Å². The first kappa shape index (κ1) is 19.6. The minimum Gasteiger partial charge on any atom is -0.487 e. The first-order valence-corrected chi connectivity index (χ1v) is 10.3. The van der Waals surface area contributed by atoms with Crippen molar-refractivity contribution < 1.29 is 17.9 Å². The van der Waals surface area contributed by atoms with Crippen LogP contribution in [-0.2, 0) is 27.8 Å². The van der Waals surface area contributed by atoms with Crippen molar-refractivity contribution in [3.8, 4) is 5.75 Å². The van der Waals surface area contributed by atoms with E-state index in [4.69, 9.17) is 4.74 Å². The van der Waals surface area contributed by atoms with E-state index in [-0.39, 0.29) is 11.3 Å². The Bertz CT molecular complexity index is 1050. The molecule has 28 heavy (non-hydrogen) atoms. The molecule has 0 saturated heterocycles. The maximum atomic E-state index is 12.8. The third-order valence-corrected chi connectivity index (χ3v) is 5.56. The molecule has 0 aliphatic heterocycles. The maximum absolute atomic E-state index is 12.8. The molecule has 1 N–H and O–H groups in total. The van der Waals surface area contributed by atoms with E-state index in [0.717, 1.165) is 17.4 Å². The highest BCUT2D eigenvalue weighted by Crippen LogP contribution is 2.29. The first-order chi connectivity index (χ1) is 13.5. The summed E-state index contributed by atoms with van der Waals surface area (Å²) in [7, 11) is -3.79. The van der Waals surface area contributed by atoms with Crippen molar-refractivity contribution in [3.05, 3.63) is 89.5 Å². The molecule has 0 aliphatic carbocycles. The number of aldehydes is 1. The predicted molar refractivity (Wildman–Crippen MR) is 109 cm³/mol. The van der Waals surface area contributed by atoms with Gasteiger partial charge in [0, 0.05) is 6.42 Å². The van der Waals surface area contributed by atoms with Crippen LogP contribution in [0, 0.1) is 6.92 Å². The number of hydrogen-bond acceptors (Lipinski definition) is 4. The van der Waals surface area contributed by atoms with Gasteiger partial charge >= 0.3 is 0 Å². The number of benzene rings is 3. The van der Waals surface area contributed by atoms with E-state index in [9.17, 15) is 13.2 Å². The fraction of sp³-hybridized carbons (Fsp3) is 0.136. The molecular weight excluding hydrogens is 374 g/mol. The van der Waals surface area contributed by atoms with Crippen LogP contribution < -0.4 is 9.46 Å². The second-order valence-corrected chi connectivity index (χ2v) is 8.08. The molecule has 3 aromatic carbocycles. The van der Waals surface area contributed by atoms with Crippen molar-refractivity contribution in [1.29, 1.82) is 0 Å². The van der Waals surface area contributed by atoms with Crippen LogP contribution in [0.2, 0.25) is 0 Å². The quantitative estimate of drug-likeness (QED) is 0.583. The molecule has 3 aromatic rings. The van der Waals surface area contributed by atoms with Gasteiger partial charge < -0.3 is 9.53 Å². The summed E-state index contributed by atoms with van der Waals surface area (Å²) in [5, 5.41) is 0. The van der Waals surface area contributed by atoms with Crippen LogP contribution in [0.5, 0.6) is 5.75 Å². The van der Waals surface area contributed by atoms with Gasteiger partial charge in [-0.05, 0) is 42.3 Å². The van der Waals surface area contributed by atoms with Gasteiger partial charge in [0.25, 0.3) is 10.0 Å². The summed E-state index contributed by atoms with van der Waals surface area (Å²) in [4.78, 5) is 11.0. The van der Waals surface area contributed by atoms with Crippen LogP contribution in [0.3, 0.4) is 0 Å². The average Bonchev–Trinajstić information content (AvgIpc) is 2.68. The first-order valence-electron chi connectivity index (χ1n) is 8.81. The zero-order valence-electron chi connectivity index (χ0n) is 15.5. The second-order valence-electron chi connectivity index (χ2n) is 6.39. The van der Waals surface area contributed by atoms with Gasteiger partial charge in [0.15, 0.2) is 0 Å². The number of nitrogens with one attached hydrogen (secondary N) is 1. The van der Waals surface area contributed by atoms with Gasteiger partial charge in [-0.3, -0.25) is 4.72 Å². The molecule has 0 atom stereocenters. The number of rotatable bonds is 8. The Morgan fingerprint density at radius 2 is 1.64 bits per heavy atom. The SMILES string of the molecule is Cc1ccc(S(=O)(=O)Nc2cc(CC=O)ccc2OCc2ccccc2)cc1. The van der Waals surface area contributed by atoms with Gasteiger partial charge in [0.2, 0.25) is 0 Å². The van der Waals surface area contributed by atoms with Gasteiger partial charge in [0.05, 0.1) is 10.6 Å². The van der Waals surface area contributed by atoms with Gasteiger partial charge in [0.1, 0.15) is 18.6 Å². The van der Waals surface area contributed by atoms with Crippen LogP contribution in [-0.4, -0.2) is 14.7 Å². The maximum Gasteiger partial charge on any atom is 0.262 e. The summed E-state index contributed by atoms with van der Waals surface area (Å²) >= 11 is 0. The largest absolute Gasteiger partial charge is 0.487 e. The van der Waals surface area contributed by atoms with E-state index in [1.807, 2.05) is 37.3 Å². The van der Waals surface area contributed by atoms with E-state index in [1.165, 1.54) is 0 Å². The van der Waals surface area contributed by atoms with E-state index in [0.29, 0.717) is 23.6 Å². The van der Waals surface area contributed by atoms with Gasteiger partial charge in [-0.1, -0.05) is 54.1 Å². The normalized spacial score (nSPS) is 11.0. The lowest BCUT2D eigenvalue weighted by Gasteiger charge is -2.15. The van der Waals surface area contributed by atoms with Crippen molar-refractivity contribution in [2.45, 2.75) is 24.8 Å². The number of hydrogen-bond donors (Lipinski definition) is 1. The molecule has 6 heteroatoms. The highest BCUT2D eigenvalue weighted by molar-refractivity contribution is 7.92. The Morgan fingerprint density at radius 3 is 2.32 bits per heavy atom. The number of sulfonamides is 1. The summed E-state index contributed by atoms with van der Waals surface area (Å²) < 4.78 is 34.0. The Morgan fingerprint density at radius 1 is 0.929 bits per heavy atom. The van der Waals surface area contributed by atoms with Crippen LogP contribution in [0.25, 0.3) is 0 Å². The van der Waals surface area contributed by atoms with E-state index >= 15 is 0 Å². The molecule has 0 heterocycles.